The number of aromatic nitrogens is 2. The van der Waals surface area contributed by atoms with Gasteiger partial charge in [-0.15, -0.1) is 0 Å². The second kappa shape index (κ2) is 6.85. The number of likely N-dealkylation sites (N-methyl/N-ethyl adjacent to an activating group) is 1. The van der Waals surface area contributed by atoms with Gasteiger partial charge >= 0.3 is 0 Å². The Bertz CT molecular complexity index is 438. The van der Waals surface area contributed by atoms with Crippen molar-refractivity contribution in [2.24, 2.45) is 0 Å². The third kappa shape index (κ3) is 4.05. The van der Waals surface area contributed by atoms with Crippen LogP contribution >= 0.6 is 0 Å². The molecule has 112 valence electrons. The SMILES string of the molecule is CN(C)CC(O)CNC(=O)c1ccn(C2CCCC2)n1. The maximum absolute atomic E-state index is 12.0. The van der Waals surface area contributed by atoms with Crippen molar-refractivity contribution in [2.45, 2.75) is 37.8 Å². The van der Waals surface area contributed by atoms with Crippen molar-refractivity contribution < 1.29 is 9.90 Å². The van der Waals surface area contributed by atoms with Gasteiger partial charge in [0, 0.05) is 19.3 Å². The summed E-state index contributed by atoms with van der Waals surface area (Å²) in [6.07, 6.45) is 6.08. The molecule has 1 unspecified atom stereocenters. The molecule has 6 nitrogen and oxygen atoms in total. The van der Waals surface area contributed by atoms with E-state index in [1.807, 2.05) is 29.9 Å². The smallest absolute Gasteiger partial charge is 0.271 e. The Morgan fingerprint density at radius 1 is 1.55 bits per heavy atom. The number of carbonyl (C=O) groups excluding carboxylic acids is 1. The lowest BCUT2D eigenvalue weighted by atomic mass is 10.3. The molecule has 1 atom stereocenters. The predicted octanol–water partition coefficient (Wildman–Crippen LogP) is 0.650. The monoisotopic (exact) mass is 280 g/mol. The quantitative estimate of drug-likeness (QED) is 0.803. The number of rotatable bonds is 6. The Morgan fingerprint density at radius 2 is 2.25 bits per heavy atom. The molecule has 0 aliphatic heterocycles. The van der Waals surface area contributed by atoms with Crippen LogP contribution in [0.25, 0.3) is 0 Å². The highest BCUT2D eigenvalue weighted by Gasteiger charge is 2.19. The zero-order valence-electron chi connectivity index (χ0n) is 12.2. The van der Waals surface area contributed by atoms with Crippen LogP contribution in [0.15, 0.2) is 12.3 Å². The first-order valence-corrected chi connectivity index (χ1v) is 7.22. The first kappa shape index (κ1) is 15.0. The molecule has 1 aliphatic carbocycles. The van der Waals surface area contributed by atoms with Crippen molar-refractivity contribution in [1.82, 2.24) is 20.0 Å². The molecule has 1 saturated carbocycles. The average Bonchev–Trinajstić information content (AvgIpc) is 3.04. The van der Waals surface area contributed by atoms with Gasteiger partial charge in [0.1, 0.15) is 5.69 Å². The molecule has 1 aromatic rings. The molecule has 1 aromatic heterocycles. The van der Waals surface area contributed by atoms with Gasteiger partial charge in [-0.2, -0.15) is 5.10 Å². The molecule has 1 fully saturated rings. The molecule has 1 aliphatic rings. The fraction of sp³-hybridized carbons (Fsp3) is 0.714. The zero-order chi connectivity index (χ0) is 14.5. The van der Waals surface area contributed by atoms with E-state index in [9.17, 15) is 9.90 Å². The lowest BCUT2D eigenvalue weighted by Gasteiger charge is -2.16. The number of hydrogen-bond donors (Lipinski definition) is 2. The summed E-state index contributed by atoms with van der Waals surface area (Å²) in [7, 11) is 3.77. The van der Waals surface area contributed by atoms with E-state index < -0.39 is 6.10 Å². The molecule has 0 aromatic carbocycles. The fourth-order valence-electron chi connectivity index (χ4n) is 2.62. The highest BCUT2D eigenvalue weighted by atomic mass is 16.3. The molecule has 2 rings (SSSR count). The van der Waals surface area contributed by atoms with Crippen molar-refractivity contribution in [2.75, 3.05) is 27.2 Å². The molecule has 2 N–H and O–H groups in total. The van der Waals surface area contributed by atoms with Gasteiger partial charge in [0.25, 0.3) is 5.91 Å². The number of aliphatic hydroxyl groups is 1. The molecular formula is C14H24N4O2. The minimum Gasteiger partial charge on any atom is -0.390 e. The normalized spacial score (nSPS) is 17.6. The minimum atomic E-state index is -0.564. The molecule has 0 radical (unpaired) electrons. The van der Waals surface area contributed by atoms with Crippen molar-refractivity contribution in [3.8, 4) is 0 Å². The van der Waals surface area contributed by atoms with Crippen LogP contribution in [0.2, 0.25) is 0 Å². The first-order chi connectivity index (χ1) is 9.56. The lowest BCUT2D eigenvalue weighted by Crippen LogP contribution is -2.37. The van der Waals surface area contributed by atoms with Crippen LogP contribution in [0.1, 0.15) is 42.2 Å². The molecule has 1 heterocycles. The van der Waals surface area contributed by atoms with E-state index in [2.05, 4.69) is 10.4 Å². The Morgan fingerprint density at radius 3 is 2.90 bits per heavy atom. The van der Waals surface area contributed by atoms with Gasteiger partial charge in [0.2, 0.25) is 0 Å². The van der Waals surface area contributed by atoms with Gasteiger partial charge in [-0.25, -0.2) is 0 Å². The third-order valence-corrected chi connectivity index (χ3v) is 3.61. The minimum absolute atomic E-state index is 0.223. The van der Waals surface area contributed by atoms with Crippen LogP contribution in [0.4, 0.5) is 0 Å². The Hall–Kier alpha value is -1.40. The van der Waals surface area contributed by atoms with Crippen molar-refractivity contribution in [3.63, 3.8) is 0 Å². The van der Waals surface area contributed by atoms with E-state index in [4.69, 9.17) is 0 Å². The van der Waals surface area contributed by atoms with E-state index in [1.54, 1.807) is 6.07 Å². The lowest BCUT2D eigenvalue weighted by molar-refractivity contribution is 0.0886. The second-order valence-corrected chi connectivity index (χ2v) is 5.75. The summed E-state index contributed by atoms with van der Waals surface area (Å²) in [6.45, 7) is 0.768. The van der Waals surface area contributed by atoms with Crippen molar-refractivity contribution in [1.29, 1.82) is 0 Å². The molecular weight excluding hydrogens is 256 g/mol. The molecule has 1 amide bonds. The summed E-state index contributed by atoms with van der Waals surface area (Å²) < 4.78 is 1.90. The first-order valence-electron chi connectivity index (χ1n) is 7.22. The topological polar surface area (TPSA) is 70.4 Å². The predicted molar refractivity (Wildman–Crippen MR) is 76.6 cm³/mol. The van der Waals surface area contributed by atoms with Crippen molar-refractivity contribution >= 4 is 5.91 Å². The van der Waals surface area contributed by atoms with Crippen molar-refractivity contribution in [3.05, 3.63) is 18.0 Å². The van der Waals surface area contributed by atoms with Gasteiger partial charge < -0.3 is 15.3 Å². The number of carbonyl (C=O) groups is 1. The molecule has 0 spiro atoms. The van der Waals surface area contributed by atoms with Crippen LogP contribution in [-0.4, -0.2) is 59.0 Å². The third-order valence-electron chi connectivity index (χ3n) is 3.61. The van der Waals surface area contributed by atoms with E-state index >= 15 is 0 Å². The zero-order valence-corrected chi connectivity index (χ0v) is 12.2. The number of nitrogens with zero attached hydrogens (tertiary/aromatic N) is 3. The largest absolute Gasteiger partial charge is 0.390 e. The van der Waals surface area contributed by atoms with E-state index in [-0.39, 0.29) is 12.5 Å². The highest BCUT2D eigenvalue weighted by molar-refractivity contribution is 5.92. The average molecular weight is 280 g/mol. The molecule has 0 saturated heterocycles. The van der Waals surface area contributed by atoms with Crippen LogP contribution in [0, 0.1) is 0 Å². The summed E-state index contributed by atoms with van der Waals surface area (Å²) in [5.41, 5.74) is 0.425. The summed E-state index contributed by atoms with van der Waals surface area (Å²) in [5, 5.41) is 16.8. The maximum Gasteiger partial charge on any atom is 0.271 e. The van der Waals surface area contributed by atoms with Crippen LogP contribution in [-0.2, 0) is 0 Å². The summed E-state index contributed by atoms with van der Waals surface area (Å²) in [4.78, 5) is 13.8. The molecule has 6 heteroatoms. The number of nitrogens with one attached hydrogen (secondary N) is 1. The Kier molecular flexibility index (Phi) is 5.14. The summed E-state index contributed by atoms with van der Waals surface area (Å²) in [5.74, 6) is -0.223. The van der Waals surface area contributed by atoms with Crippen LogP contribution in [0.3, 0.4) is 0 Å². The fourth-order valence-corrected chi connectivity index (χ4v) is 2.62. The van der Waals surface area contributed by atoms with Crippen LogP contribution < -0.4 is 5.32 Å². The molecule has 20 heavy (non-hydrogen) atoms. The standard InChI is InChI=1S/C14H24N4O2/c1-17(2)10-12(19)9-15-14(20)13-7-8-18(16-13)11-5-3-4-6-11/h7-8,11-12,19H,3-6,9-10H2,1-2H3,(H,15,20). The van der Waals surface area contributed by atoms with E-state index in [0.717, 1.165) is 12.8 Å². The van der Waals surface area contributed by atoms with Gasteiger partial charge in [-0.1, -0.05) is 12.8 Å². The Labute approximate surface area is 119 Å². The number of hydrogen-bond acceptors (Lipinski definition) is 4. The van der Waals surface area contributed by atoms with Gasteiger partial charge in [-0.05, 0) is 33.0 Å². The maximum atomic E-state index is 12.0. The van der Waals surface area contributed by atoms with E-state index in [0.29, 0.717) is 18.3 Å². The van der Waals surface area contributed by atoms with Crippen LogP contribution in [0.5, 0.6) is 0 Å². The van der Waals surface area contributed by atoms with Gasteiger partial charge in [0.15, 0.2) is 0 Å². The summed E-state index contributed by atoms with van der Waals surface area (Å²) >= 11 is 0. The number of aliphatic hydroxyl groups excluding tert-OH is 1. The second-order valence-electron chi connectivity index (χ2n) is 5.75. The molecule has 0 bridgehead atoms. The van der Waals surface area contributed by atoms with E-state index in [1.165, 1.54) is 12.8 Å². The highest BCUT2D eigenvalue weighted by Crippen LogP contribution is 2.28. The number of amides is 1. The Balaban J connectivity index is 1.83. The van der Waals surface area contributed by atoms with Gasteiger partial charge in [-0.3, -0.25) is 9.48 Å². The van der Waals surface area contributed by atoms with Gasteiger partial charge in [0.05, 0.1) is 12.1 Å². The summed E-state index contributed by atoms with van der Waals surface area (Å²) in [6, 6.07) is 2.18.